The highest BCUT2D eigenvalue weighted by Crippen LogP contribution is 2.29. The Balaban J connectivity index is 2.54. The smallest absolute Gasteiger partial charge is 0.277 e. The maximum atomic E-state index is 5.37. The first-order valence-electron chi connectivity index (χ1n) is 4.46. The summed E-state index contributed by atoms with van der Waals surface area (Å²) in [5.41, 5.74) is 2.10. The van der Waals surface area contributed by atoms with Gasteiger partial charge in [-0.05, 0) is 11.6 Å². The summed E-state index contributed by atoms with van der Waals surface area (Å²) in [5.74, 6) is -0.842. The number of nitrogens with one attached hydrogen (secondary N) is 1. The lowest BCUT2D eigenvalue weighted by Gasteiger charge is -2.34. The van der Waals surface area contributed by atoms with Crippen molar-refractivity contribution in [2.45, 2.75) is 5.91 Å². The van der Waals surface area contributed by atoms with E-state index in [-0.39, 0.29) is 0 Å². The minimum atomic E-state index is -0.842. The van der Waals surface area contributed by atoms with E-state index in [4.69, 9.17) is 9.47 Å². The molecule has 1 heterocycles. The standard InChI is InChI=1S/C11H13NO2/c1-13-11(14-2)10-6-4-3-5-9(10)7-8-12-11/h3-8,12H,1-2H3. The van der Waals surface area contributed by atoms with Gasteiger partial charge in [-0.25, -0.2) is 0 Å². The highest BCUT2D eigenvalue weighted by molar-refractivity contribution is 5.57. The van der Waals surface area contributed by atoms with E-state index >= 15 is 0 Å². The molecule has 0 bridgehead atoms. The molecule has 1 aromatic carbocycles. The summed E-state index contributed by atoms with van der Waals surface area (Å²) in [5, 5.41) is 3.06. The van der Waals surface area contributed by atoms with E-state index in [9.17, 15) is 0 Å². The summed E-state index contributed by atoms with van der Waals surface area (Å²) >= 11 is 0. The summed E-state index contributed by atoms with van der Waals surface area (Å²) in [6, 6.07) is 7.97. The van der Waals surface area contributed by atoms with Gasteiger partial charge in [0.05, 0.1) is 0 Å². The van der Waals surface area contributed by atoms with Crippen LogP contribution in [0.5, 0.6) is 0 Å². The molecule has 0 aromatic heterocycles. The van der Waals surface area contributed by atoms with Gasteiger partial charge >= 0.3 is 0 Å². The van der Waals surface area contributed by atoms with E-state index in [0.29, 0.717) is 0 Å². The molecule has 3 heteroatoms. The summed E-state index contributed by atoms with van der Waals surface area (Å²) in [7, 11) is 3.24. The van der Waals surface area contributed by atoms with Crippen molar-refractivity contribution >= 4 is 6.08 Å². The lowest BCUT2D eigenvalue weighted by Crippen LogP contribution is -2.45. The topological polar surface area (TPSA) is 30.5 Å². The quantitative estimate of drug-likeness (QED) is 0.721. The minimum absolute atomic E-state index is 0.842. The lowest BCUT2D eigenvalue weighted by molar-refractivity contribution is -0.231. The molecule has 1 aliphatic heterocycles. The van der Waals surface area contributed by atoms with Gasteiger partial charge < -0.3 is 14.8 Å². The van der Waals surface area contributed by atoms with Crippen LogP contribution in [0.3, 0.4) is 0 Å². The van der Waals surface area contributed by atoms with Crippen molar-refractivity contribution in [1.29, 1.82) is 0 Å². The van der Waals surface area contributed by atoms with E-state index in [1.54, 1.807) is 14.2 Å². The van der Waals surface area contributed by atoms with Gasteiger partial charge in [0.15, 0.2) is 0 Å². The predicted octanol–water partition coefficient (Wildman–Crippen LogP) is 1.66. The third-order valence-corrected chi connectivity index (χ3v) is 2.43. The van der Waals surface area contributed by atoms with Gasteiger partial charge in [0.2, 0.25) is 0 Å². The number of rotatable bonds is 2. The number of hydrogen-bond acceptors (Lipinski definition) is 3. The molecule has 0 fully saturated rings. The van der Waals surface area contributed by atoms with E-state index in [1.165, 1.54) is 0 Å². The van der Waals surface area contributed by atoms with Crippen LogP contribution in [0.1, 0.15) is 11.1 Å². The van der Waals surface area contributed by atoms with Gasteiger partial charge in [0.25, 0.3) is 5.91 Å². The van der Waals surface area contributed by atoms with Crippen molar-refractivity contribution in [3.05, 3.63) is 41.6 Å². The van der Waals surface area contributed by atoms with Crippen molar-refractivity contribution < 1.29 is 9.47 Å². The normalized spacial score (nSPS) is 17.3. The van der Waals surface area contributed by atoms with Gasteiger partial charge in [-0.2, -0.15) is 0 Å². The van der Waals surface area contributed by atoms with Gasteiger partial charge in [0, 0.05) is 26.0 Å². The zero-order valence-electron chi connectivity index (χ0n) is 8.28. The first kappa shape index (κ1) is 9.24. The Morgan fingerprint density at radius 2 is 1.86 bits per heavy atom. The van der Waals surface area contributed by atoms with Crippen LogP contribution in [0.15, 0.2) is 30.5 Å². The van der Waals surface area contributed by atoms with Gasteiger partial charge in [-0.3, -0.25) is 0 Å². The van der Waals surface area contributed by atoms with Crippen molar-refractivity contribution in [3.63, 3.8) is 0 Å². The van der Waals surface area contributed by atoms with Crippen LogP contribution in [-0.4, -0.2) is 14.2 Å². The van der Waals surface area contributed by atoms with Gasteiger partial charge in [-0.15, -0.1) is 0 Å². The van der Waals surface area contributed by atoms with Crippen LogP contribution in [0, 0.1) is 0 Å². The Morgan fingerprint density at radius 1 is 1.14 bits per heavy atom. The van der Waals surface area contributed by atoms with Crippen molar-refractivity contribution in [2.24, 2.45) is 0 Å². The van der Waals surface area contributed by atoms with Crippen LogP contribution in [0.25, 0.3) is 6.08 Å². The average molecular weight is 191 g/mol. The summed E-state index contributed by atoms with van der Waals surface area (Å²) in [6.07, 6.45) is 3.82. The number of hydrogen-bond donors (Lipinski definition) is 1. The molecule has 0 amide bonds. The first-order valence-corrected chi connectivity index (χ1v) is 4.46. The summed E-state index contributed by atoms with van der Waals surface area (Å²) in [4.78, 5) is 0. The van der Waals surface area contributed by atoms with Crippen LogP contribution in [-0.2, 0) is 15.4 Å². The third kappa shape index (κ3) is 1.22. The molecule has 0 spiro atoms. The lowest BCUT2D eigenvalue weighted by atomic mass is 10.0. The fraction of sp³-hybridized carbons (Fsp3) is 0.273. The van der Waals surface area contributed by atoms with Gasteiger partial charge in [-0.1, -0.05) is 24.3 Å². The Morgan fingerprint density at radius 3 is 2.57 bits per heavy atom. The number of methoxy groups -OCH3 is 2. The monoisotopic (exact) mass is 191 g/mol. The van der Waals surface area contributed by atoms with Crippen molar-refractivity contribution in [3.8, 4) is 0 Å². The molecular formula is C11H13NO2. The third-order valence-electron chi connectivity index (χ3n) is 2.43. The molecule has 0 radical (unpaired) electrons. The first-order chi connectivity index (χ1) is 6.82. The maximum absolute atomic E-state index is 5.37. The van der Waals surface area contributed by atoms with Crippen LogP contribution >= 0.6 is 0 Å². The zero-order valence-corrected chi connectivity index (χ0v) is 8.28. The van der Waals surface area contributed by atoms with Crippen LogP contribution in [0.2, 0.25) is 0 Å². The molecule has 0 unspecified atom stereocenters. The Kier molecular flexibility index (Phi) is 2.27. The molecule has 0 saturated heterocycles. The average Bonchev–Trinajstić information content (AvgIpc) is 2.28. The zero-order chi connectivity index (χ0) is 10.0. The number of ether oxygens (including phenoxy) is 2. The Hall–Kier alpha value is -1.32. The van der Waals surface area contributed by atoms with Crippen LogP contribution < -0.4 is 5.32 Å². The molecule has 14 heavy (non-hydrogen) atoms. The Bertz CT molecular complexity index is 356. The minimum Gasteiger partial charge on any atom is -0.337 e. The molecule has 1 aliphatic rings. The fourth-order valence-electron chi connectivity index (χ4n) is 1.68. The summed E-state index contributed by atoms with van der Waals surface area (Å²) < 4.78 is 10.7. The molecule has 2 rings (SSSR count). The molecular weight excluding hydrogens is 178 g/mol. The molecule has 0 aliphatic carbocycles. The number of benzene rings is 1. The van der Waals surface area contributed by atoms with E-state index in [2.05, 4.69) is 5.32 Å². The Labute approximate surface area is 83.3 Å². The second kappa shape index (κ2) is 3.44. The van der Waals surface area contributed by atoms with E-state index in [0.717, 1.165) is 11.1 Å². The molecule has 74 valence electrons. The highest BCUT2D eigenvalue weighted by atomic mass is 16.7. The molecule has 0 atom stereocenters. The maximum Gasteiger partial charge on any atom is 0.277 e. The van der Waals surface area contributed by atoms with Crippen LogP contribution in [0.4, 0.5) is 0 Å². The second-order valence-electron chi connectivity index (χ2n) is 3.09. The van der Waals surface area contributed by atoms with Crippen molar-refractivity contribution in [1.82, 2.24) is 5.32 Å². The summed E-state index contributed by atoms with van der Waals surface area (Å²) in [6.45, 7) is 0. The van der Waals surface area contributed by atoms with Gasteiger partial charge in [0.1, 0.15) is 0 Å². The predicted molar refractivity (Wildman–Crippen MR) is 54.3 cm³/mol. The largest absolute Gasteiger partial charge is 0.337 e. The van der Waals surface area contributed by atoms with Crippen molar-refractivity contribution in [2.75, 3.05) is 14.2 Å². The second-order valence-corrected chi connectivity index (χ2v) is 3.09. The highest BCUT2D eigenvalue weighted by Gasteiger charge is 2.34. The number of fused-ring (bicyclic) bond motifs is 1. The molecule has 1 N–H and O–H groups in total. The SMILES string of the molecule is COC1(OC)NC=Cc2ccccc21. The molecule has 0 saturated carbocycles. The fourth-order valence-corrected chi connectivity index (χ4v) is 1.68. The van der Waals surface area contributed by atoms with E-state index in [1.807, 2.05) is 36.5 Å². The molecule has 1 aromatic rings. The van der Waals surface area contributed by atoms with E-state index < -0.39 is 5.91 Å². The molecule has 3 nitrogen and oxygen atoms in total.